The second kappa shape index (κ2) is 4.75. The molecule has 1 aliphatic rings. The van der Waals surface area contributed by atoms with Gasteiger partial charge in [0, 0.05) is 32.3 Å². The van der Waals surface area contributed by atoms with Crippen LogP contribution in [0.25, 0.3) is 0 Å². The summed E-state index contributed by atoms with van der Waals surface area (Å²) in [7, 11) is 1.74. The summed E-state index contributed by atoms with van der Waals surface area (Å²) in [5.41, 5.74) is 6.38. The predicted molar refractivity (Wildman–Crippen MR) is 63.5 cm³/mol. The summed E-state index contributed by atoms with van der Waals surface area (Å²) >= 11 is 0. The Morgan fingerprint density at radius 3 is 3.06 bits per heavy atom. The number of carbonyl (C=O) groups is 1. The van der Waals surface area contributed by atoms with Crippen LogP contribution in [0.15, 0.2) is 6.20 Å². The Hall–Kier alpha value is -1.56. The topological polar surface area (TPSA) is 82.2 Å². The number of nitrogen functional groups attached to an aromatic ring is 1. The number of carbonyl (C=O) groups excluding carboxylic acids is 1. The number of rotatable bonds is 3. The smallest absolute Gasteiger partial charge is 0.273 e. The van der Waals surface area contributed by atoms with Crippen molar-refractivity contribution < 1.29 is 9.53 Å². The van der Waals surface area contributed by atoms with E-state index in [4.69, 9.17) is 10.5 Å². The molecular formula is C11H18N4O2. The molecule has 1 aliphatic heterocycles. The Kier molecular flexibility index (Phi) is 3.33. The second-order valence-corrected chi connectivity index (χ2v) is 4.44. The molecule has 1 amide bonds. The molecule has 0 radical (unpaired) electrons. The summed E-state index contributed by atoms with van der Waals surface area (Å²) in [6.07, 6.45) is 2.81. The molecule has 1 saturated heterocycles. The summed E-state index contributed by atoms with van der Waals surface area (Å²) in [6, 6.07) is 0. The first-order chi connectivity index (χ1) is 8.08. The summed E-state index contributed by atoms with van der Waals surface area (Å²) < 4.78 is 6.97. The maximum Gasteiger partial charge on any atom is 0.273 e. The van der Waals surface area contributed by atoms with E-state index < -0.39 is 0 Å². The van der Waals surface area contributed by atoms with Gasteiger partial charge in [-0.2, -0.15) is 5.10 Å². The van der Waals surface area contributed by atoms with Crippen LogP contribution in [0.4, 0.5) is 5.69 Å². The average Bonchev–Trinajstić information content (AvgIpc) is 2.81. The second-order valence-electron chi connectivity index (χ2n) is 4.44. The molecule has 0 aromatic carbocycles. The fraction of sp³-hybridized carbons (Fsp3) is 0.636. The molecular weight excluding hydrogens is 220 g/mol. The van der Waals surface area contributed by atoms with Crippen molar-refractivity contribution in [2.75, 3.05) is 18.9 Å². The number of aryl methyl sites for hydroxylation is 1. The van der Waals surface area contributed by atoms with Crippen LogP contribution < -0.4 is 11.1 Å². The zero-order valence-electron chi connectivity index (χ0n) is 10.1. The van der Waals surface area contributed by atoms with Gasteiger partial charge in [-0.15, -0.1) is 0 Å². The number of aromatic nitrogens is 2. The van der Waals surface area contributed by atoms with Gasteiger partial charge in [0.05, 0.1) is 11.8 Å². The molecule has 0 aliphatic carbocycles. The highest BCUT2D eigenvalue weighted by atomic mass is 16.5. The lowest BCUT2D eigenvalue weighted by Gasteiger charge is -2.14. The predicted octanol–water partition coefficient (Wildman–Crippen LogP) is 0.157. The maximum atomic E-state index is 11.8. The molecule has 6 heteroatoms. The Morgan fingerprint density at radius 1 is 1.76 bits per heavy atom. The van der Waals surface area contributed by atoms with Crippen molar-refractivity contribution in [3.05, 3.63) is 11.9 Å². The third-order valence-corrected chi connectivity index (χ3v) is 3.13. The third-order valence-electron chi connectivity index (χ3n) is 3.13. The van der Waals surface area contributed by atoms with Gasteiger partial charge in [-0.25, -0.2) is 0 Å². The van der Waals surface area contributed by atoms with E-state index in [1.54, 1.807) is 13.2 Å². The number of nitrogens with two attached hydrogens (primary N) is 1. The Balaban J connectivity index is 1.91. The summed E-state index contributed by atoms with van der Waals surface area (Å²) in [4.78, 5) is 11.8. The van der Waals surface area contributed by atoms with E-state index in [2.05, 4.69) is 10.4 Å². The molecule has 2 heterocycles. The zero-order valence-corrected chi connectivity index (χ0v) is 10.1. The van der Waals surface area contributed by atoms with Crippen LogP contribution in [0.2, 0.25) is 0 Å². The molecule has 17 heavy (non-hydrogen) atoms. The van der Waals surface area contributed by atoms with E-state index in [-0.39, 0.29) is 12.0 Å². The Bertz CT molecular complexity index is 416. The minimum atomic E-state index is -0.220. The van der Waals surface area contributed by atoms with Gasteiger partial charge < -0.3 is 15.8 Å². The van der Waals surface area contributed by atoms with Crippen molar-refractivity contribution in [3.8, 4) is 0 Å². The van der Waals surface area contributed by atoms with Crippen molar-refractivity contribution in [3.63, 3.8) is 0 Å². The molecule has 3 N–H and O–H groups in total. The minimum Gasteiger partial charge on any atom is -0.396 e. The number of amides is 1. The quantitative estimate of drug-likeness (QED) is 0.785. The summed E-state index contributed by atoms with van der Waals surface area (Å²) in [5, 5.41) is 6.87. The Labute approximate surface area is 100 Å². The first-order valence-corrected chi connectivity index (χ1v) is 5.77. The largest absolute Gasteiger partial charge is 0.396 e. The van der Waals surface area contributed by atoms with E-state index >= 15 is 0 Å². The van der Waals surface area contributed by atoms with Gasteiger partial charge in [0.2, 0.25) is 0 Å². The SMILES string of the molecule is CC1OCCC1CNC(=O)c1nn(C)cc1N. The molecule has 94 valence electrons. The van der Waals surface area contributed by atoms with Crippen LogP contribution in [0.1, 0.15) is 23.8 Å². The number of anilines is 1. The molecule has 0 bridgehead atoms. The van der Waals surface area contributed by atoms with Crippen molar-refractivity contribution in [2.45, 2.75) is 19.4 Å². The van der Waals surface area contributed by atoms with Gasteiger partial charge in [0.25, 0.3) is 5.91 Å². The van der Waals surface area contributed by atoms with Gasteiger partial charge in [-0.3, -0.25) is 9.48 Å². The third kappa shape index (κ3) is 2.58. The fourth-order valence-electron chi connectivity index (χ4n) is 2.03. The molecule has 0 spiro atoms. The van der Waals surface area contributed by atoms with Gasteiger partial charge in [-0.05, 0) is 13.3 Å². The van der Waals surface area contributed by atoms with E-state index in [1.165, 1.54) is 4.68 Å². The highest BCUT2D eigenvalue weighted by Gasteiger charge is 2.25. The number of ether oxygens (including phenoxy) is 1. The van der Waals surface area contributed by atoms with Crippen LogP contribution >= 0.6 is 0 Å². The Morgan fingerprint density at radius 2 is 2.53 bits per heavy atom. The normalized spacial score (nSPS) is 23.9. The molecule has 2 unspecified atom stereocenters. The van der Waals surface area contributed by atoms with Crippen LogP contribution in [0, 0.1) is 5.92 Å². The van der Waals surface area contributed by atoms with E-state index in [9.17, 15) is 4.79 Å². The number of hydrogen-bond acceptors (Lipinski definition) is 4. The van der Waals surface area contributed by atoms with Crippen molar-refractivity contribution in [1.82, 2.24) is 15.1 Å². The first-order valence-electron chi connectivity index (χ1n) is 5.77. The molecule has 1 aromatic rings. The zero-order chi connectivity index (χ0) is 12.4. The van der Waals surface area contributed by atoms with Crippen molar-refractivity contribution in [2.24, 2.45) is 13.0 Å². The van der Waals surface area contributed by atoms with Crippen LogP contribution in [0.5, 0.6) is 0 Å². The lowest BCUT2D eigenvalue weighted by molar-refractivity contribution is 0.0903. The van der Waals surface area contributed by atoms with Gasteiger partial charge in [0.15, 0.2) is 5.69 Å². The molecule has 1 fully saturated rings. The van der Waals surface area contributed by atoms with Crippen molar-refractivity contribution >= 4 is 11.6 Å². The van der Waals surface area contributed by atoms with Gasteiger partial charge in [-0.1, -0.05) is 0 Å². The van der Waals surface area contributed by atoms with Crippen LogP contribution in [-0.2, 0) is 11.8 Å². The number of hydrogen-bond donors (Lipinski definition) is 2. The summed E-state index contributed by atoms with van der Waals surface area (Å²) in [5.74, 6) is 0.158. The fourth-order valence-corrected chi connectivity index (χ4v) is 2.03. The highest BCUT2D eigenvalue weighted by Crippen LogP contribution is 2.19. The molecule has 6 nitrogen and oxygen atoms in total. The van der Waals surface area contributed by atoms with E-state index in [1.807, 2.05) is 6.92 Å². The highest BCUT2D eigenvalue weighted by molar-refractivity contribution is 5.96. The molecule has 1 aromatic heterocycles. The van der Waals surface area contributed by atoms with E-state index in [0.29, 0.717) is 23.8 Å². The van der Waals surface area contributed by atoms with Crippen LogP contribution in [-0.4, -0.2) is 34.9 Å². The minimum absolute atomic E-state index is 0.205. The first kappa shape index (κ1) is 11.9. The van der Waals surface area contributed by atoms with E-state index in [0.717, 1.165) is 13.0 Å². The molecule has 0 saturated carbocycles. The standard InChI is InChI=1S/C11H18N4O2/c1-7-8(3-4-17-7)5-13-11(16)10-9(12)6-15(2)14-10/h6-8H,3-5,12H2,1-2H3,(H,13,16). The van der Waals surface area contributed by atoms with Crippen LogP contribution in [0.3, 0.4) is 0 Å². The maximum absolute atomic E-state index is 11.8. The monoisotopic (exact) mass is 238 g/mol. The van der Waals surface area contributed by atoms with Crippen molar-refractivity contribution in [1.29, 1.82) is 0 Å². The number of nitrogens with zero attached hydrogens (tertiary/aromatic N) is 2. The molecule has 2 rings (SSSR count). The number of nitrogens with one attached hydrogen (secondary N) is 1. The average molecular weight is 238 g/mol. The summed E-state index contributed by atoms with van der Waals surface area (Å²) in [6.45, 7) is 3.41. The van der Waals surface area contributed by atoms with Gasteiger partial charge in [0.1, 0.15) is 0 Å². The lowest BCUT2D eigenvalue weighted by atomic mass is 10.0. The van der Waals surface area contributed by atoms with Gasteiger partial charge >= 0.3 is 0 Å². The lowest BCUT2D eigenvalue weighted by Crippen LogP contribution is -2.32. The molecule has 2 atom stereocenters.